The third-order valence-corrected chi connectivity index (χ3v) is 7.31. The Kier molecular flexibility index (Phi) is 8.07. The third kappa shape index (κ3) is 5.97. The Morgan fingerprint density at radius 1 is 1.05 bits per heavy atom. The van der Waals surface area contributed by atoms with Crippen molar-refractivity contribution in [3.05, 3.63) is 89.0 Å². The zero-order valence-corrected chi connectivity index (χ0v) is 22.7. The molecule has 0 radical (unpaired) electrons. The largest absolute Gasteiger partial charge is 0.497 e. The number of carboxylic acids is 1. The van der Waals surface area contributed by atoms with Crippen LogP contribution in [0.5, 0.6) is 17.2 Å². The summed E-state index contributed by atoms with van der Waals surface area (Å²) in [7, 11) is 3.08. The molecular weight excluding hydrogens is 530 g/mol. The van der Waals surface area contributed by atoms with Gasteiger partial charge in [0.1, 0.15) is 5.75 Å². The summed E-state index contributed by atoms with van der Waals surface area (Å²) in [6, 6.07) is 20.5. The minimum Gasteiger partial charge on any atom is -0.497 e. The number of rotatable bonds is 10. The molecule has 10 heteroatoms. The number of thioether (sulfide) groups is 1. The van der Waals surface area contributed by atoms with Crippen molar-refractivity contribution in [1.29, 1.82) is 0 Å². The third-order valence-electron chi connectivity index (χ3n) is 6.30. The first-order chi connectivity index (χ1) is 19.4. The molecule has 2 heterocycles. The van der Waals surface area contributed by atoms with E-state index in [1.165, 1.54) is 18.9 Å². The number of carboxylic acid groups (broad SMARTS) is 1. The molecule has 0 spiro atoms. The first-order valence-electron chi connectivity index (χ1n) is 12.5. The van der Waals surface area contributed by atoms with Gasteiger partial charge in [0.2, 0.25) is 0 Å². The number of benzene rings is 3. The number of aliphatic carboxylic acids is 1. The molecule has 3 aromatic carbocycles. The van der Waals surface area contributed by atoms with Gasteiger partial charge in [0.15, 0.2) is 23.3 Å². The molecule has 0 atom stereocenters. The number of carbonyl (C=O) groups is 2. The molecule has 1 amide bonds. The van der Waals surface area contributed by atoms with Crippen molar-refractivity contribution in [2.45, 2.75) is 6.42 Å². The van der Waals surface area contributed by atoms with Gasteiger partial charge in [-0.25, -0.2) is 9.79 Å². The van der Waals surface area contributed by atoms with E-state index in [4.69, 9.17) is 24.3 Å². The Hall–Kier alpha value is -4.70. The van der Waals surface area contributed by atoms with Gasteiger partial charge >= 0.3 is 5.97 Å². The number of hydrogen-bond donors (Lipinski definition) is 2. The minimum atomic E-state index is -1.09. The molecule has 1 fully saturated rings. The molecule has 1 aromatic heterocycles. The maximum atomic E-state index is 13.6. The predicted octanol–water partition coefficient (Wildman–Crippen LogP) is 5.50. The molecule has 204 valence electrons. The second kappa shape index (κ2) is 12.0. The van der Waals surface area contributed by atoms with Crippen LogP contribution in [0.25, 0.3) is 17.0 Å². The Morgan fingerprint density at radius 2 is 1.85 bits per heavy atom. The van der Waals surface area contributed by atoms with Gasteiger partial charge in [0.05, 0.1) is 24.8 Å². The topological polar surface area (TPSA) is 113 Å². The van der Waals surface area contributed by atoms with E-state index in [0.29, 0.717) is 45.8 Å². The lowest BCUT2D eigenvalue weighted by atomic mass is 10.1. The first-order valence-corrected chi connectivity index (χ1v) is 13.3. The van der Waals surface area contributed by atoms with E-state index in [-0.39, 0.29) is 5.91 Å². The standard InChI is InChI=1S/C30H27N3O6S/c1-37-22-10-8-21(9-11-22)32-30-33(14-13-20-17-31-24-6-4-3-5-23(20)24)29(36)27(40-30)16-19-7-12-25(26(15-19)38-2)39-18-28(34)35/h3-12,15-17,31H,13-14,18H2,1-2H3,(H,34,35). The van der Waals surface area contributed by atoms with Crippen LogP contribution in [-0.2, 0) is 16.0 Å². The van der Waals surface area contributed by atoms with Crippen molar-refractivity contribution in [3.63, 3.8) is 0 Å². The molecule has 0 saturated carbocycles. The van der Waals surface area contributed by atoms with E-state index in [1.807, 2.05) is 48.7 Å². The van der Waals surface area contributed by atoms with E-state index in [0.717, 1.165) is 22.2 Å². The van der Waals surface area contributed by atoms with Gasteiger partial charge in [-0.1, -0.05) is 24.3 Å². The molecule has 0 unspecified atom stereocenters. The lowest BCUT2D eigenvalue weighted by molar-refractivity contribution is -0.139. The number of amidine groups is 1. The van der Waals surface area contributed by atoms with Crippen molar-refractivity contribution in [1.82, 2.24) is 9.88 Å². The summed E-state index contributed by atoms with van der Waals surface area (Å²) in [4.78, 5) is 34.8. The summed E-state index contributed by atoms with van der Waals surface area (Å²) >= 11 is 1.30. The Bertz CT molecular complexity index is 1610. The van der Waals surface area contributed by atoms with Crippen LogP contribution in [0.4, 0.5) is 5.69 Å². The van der Waals surface area contributed by atoms with Crippen LogP contribution in [-0.4, -0.2) is 59.4 Å². The summed E-state index contributed by atoms with van der Waals surface area (Å²) in [6.45, 7) is -0.0347. The maximum Gasteiger partial charge on any atom is 0.341 e. The minimum absolute atomic E-state index is 0.151. The summed E-state index contributed by atoms with van der Waals surface area (Å²) in [6.07, 6.45) is 4.40. The Morgan fingerprint density at radius 3 is 2.60 bits per heavy atom. The number of nitrogens with zero attached hydrogens (tertiary/aromatic N) is 2. The molecule has 4 aromatic rings. The summed E-state index contributed by atoms with van der Waals surface area (Å²) in [5, 5.41) is 10.6. The molecule has 2 N–H and O–H groups in total. The molecule has 1 aliphatic heterocycles. The second-order valence-electron chi connectivity index (χ2n) is 8.86. The average Bonchev–Trinajstić information content (AvgIpc) is 3.51. The van der Waals surface area contributed by atoms with Crippen LogP contribution >= 0.6 is 11.8 Å². The van der Waals surface area contributed by atoms with Crippen LogP contribution in [0.3, 0.4) is 0 Å². The van der Waals surface area contributed by atoms with Gasteiger partial charge in [-0.05, 0) is 77.9 Å². The number of H-pyrrole nitrogens is 1. The molecule has 0 bridgehead atoms. The Balaban J connectivity index is 1.43. The van der Waals surface area contributed by atoms with Crippen LogP contribution < -0.4 is 14.2 Å². The van der Waals surface area contributed by atoms with E-state index in [9.17, 15) is 9.59 Å². The molecule has 0 aliphatic carbocycles. The number of fused-ring (bicyclic) bond motifs is 1. The highest BCUT2D eigenvalue weighted by Crippen LogP contribution is 2.36. The number of methoxy groups -OCH3 is 2. The lowest BCUT2D eigenvalue weighted by Gasteiger charge is -2.15. The normalized spacial score (nSPS) is 15.2. The molecule has 5 rings (SSSR count). The number of aliphatic imine (C=N–C) groups is 1. The number of amides is 1. The van der Waals surface area contributed by atoms with Gasteiger partial charge in [0, 0.05) is 23.6 Å². The zero-order chi connectivity index (χ0) is 28.1. The first kappa shape index (κ1) is 26.9. The molecule has 40 heavy (non-hydrogen) atoms. The smallest absolute Gasteiger partial charge is 0.341 e. The summed E-state index contributed by atoms with van der Waals surface area (Å²) in [5.74, 6) is 0.161. The number of carbonyl (C=O) groups excluding carboxylic acids is 1. The van der Waals surface area contributed by atoms with Crippen molar-refractivity contribution < 1.29 is 28.9 Å². The number of para-hydroxylation sites is 1. The van der Waals surface area contributed by atoms with E-state index >= 15 is 0 Å². The highest BCUT2D eigenvalue weighted by Gasteiger charge is 2.33. The average molecular weight is 558 g/mol. The van der Waals surface area contributed by atoms with Gasteiger partial charge < -0.3 is 24.3 Å². The fourth-order valence-corrected chi connectivity index (χ4v) is 5.34. The molecule has 1 saturated heterocycles. The molecule has 1 aliphatic rings. The Labute approximate surface area is 235 Å². The maximum absolute atomic E-state index is 13.6. The van der Waals surface area contributed by atoms with Crippen molar-refractivity contribution in [2.24, 2.45) is 4.99 Å². The zero-order valence-electron chi connectivity index (χ0n) is 21.9. The number of aromatic nitrogens is 1. The van der Waals surface area contributed by atoms with E-state index in [1.54, 1.807) is 36.3 Å². The fourth-order valence-electron chi connectivity index (χ4n) is 4.31. The van der Waals surface area contributed by atoms with Crippen LogP contribution in [0.15, 0.2) is 82.8 Å². The van der Waals surface area contributed by atoms with Gasteiger partial charge in [-0.2, -0.15) is 0 Å². The lowest BCUT2D eigenvalue weighted by Crippen LogP contribution is -2.31. The number of aromatic amines is 1. The van der Waals surface area contributed by atoms with Gasteiger partial charge in [-0.15, -0.1) is 0 Å². The summed E-state index contributed by atoms with van der Waals surface area (Å²) in [5.41, 5.74) is 3.59. The van der Waals surface area contributed by atoms with Crippen LogP contribution in [0, 0.1) is 0 Å². The highest BCUT2D eigenvalue weighted by atomic mass is 32.2. The van der Waals surface area contributed by atoms with Gasteiger partial charge in [0.25, 0.3) is 5.91 Å². The summed E-state index contributed by atoms with van der Waals surface area (Å²) < 4.78 is 15.9. The van der Waals surface area contributed by atoms with Crippen molar-refractivity contribution in [2.75, 3.05) is 27.4 Å². The number of ether oxygens (including phenoxy) is 3. The van der Waals surface area contributed by atoms with E-state index < -0.39 is 12.6 Å². The fraction of sp³-hybridized carbons (Fsp3) is 0.167. The predicted molar refractivity (Wildman–Crippen MR) is 155 cm³/mol. The second-order valence-corrected chi connectivity index (χ2v) is 9.87. The van der Waals surface area contributed by atoms with Gasteiger partial charge in [-0.3, -0.25) is 9.69 Å². The number of nitrogens with one attached hydrogen (secondary N) is 1. The van der Waals surface area contributed by atoms with Crippen LogP contribution in [0.2, 0.25) is 0 Å². The monoisotopic (exact) mass is 557 g/mol. The van der Waals surface area contributed by atoms with Crippen molar-refractivity contribution >= 4 is 51.5 Å². The molecule has 9 nitrogen and oxygen atoms in total. The SMILES string of the molecule is COc1ccc(N=C2SC(=Cc3ccc(OCC(=O)O)c(OC)c3)C(=O)N2CCc2c[nH]c3ccccc23)cc1. The molecular formula is C30H27N3O6S. The number of hydrogen-bond acceptors (Lipinski definition) is 7. The van der Waals surface area contributed by atoms with Crippen molar-refractivity contribution in [3.8, 4) is 17.2 Å². The van der Waals surface area contributed by atoms with E-state index in [2.05, 4.69) is 11.1 Å². The highest BCUT2D eigenvalue weighted by molar-refractivity contribution is 8.18. The quantitative estimate of drug-likeness (QED) is 0.248. The van der Waals surface area contributed by atoms with Crippen LogP contribution in [0.1, 0.15) is 11.1 Å².